The van der Waals surface area contributed by atoms with E-state index in [1.807, 2.05) is 31.3 Å². The van der Waals surface area contributed by atoms with Crippen LogP contribution in [-0.2, 0) is 5.88 Å². The van der Waals surface area contributed by atoms with Crippen molar-refractivity contribution in [3.8, 4) is 5.69 Å². The average Bonchev–Trinajstić information content (AvgIpc) is 2.64. The van der Waals surface area contributed by atoms with Gasteiger partial charge in [0.2, 0.25) is 0 Å². The van der Waals surface area contributed by atoms with Gasteiger partial charge >= 0.3 is 0 Å². The number of alkyl halides is 1. The Morgan fingerprint density at radius 2 is 2.20 bits per heavy atom. The summed E-state index contributed by atoms with van der Waals surface area (Å²) < 4.78 is 1.76. The monoisotopic (exact) mass is 240 g/mol. The van der Waals surface area contributed by atoms with E-state index in [-0.39, 0.29) is 0 Å². The first-order valence-electron chi connectivity index (χ1n) is 4.57. The molecular formula is C11H10Cl2N2. The van der Waals surface area contributed by atoms with Crippen LogP contribution in [0.15, 0.2) is 30.6 Å². The fourth-order valence-corrected chi connectivity index (χ4v) is 1.96. The van der Waals surface area contributed by atoms with Gasteiger partial charge in [-0.15, -0.1) is 11.6 Å². The molecule has 2 nitrogen and oxygen atoms in total. The molecule has 0 saturated heterocycles. The standard InChI is InChI=1S/C11H10Cl2N2/c1-8-6-14-15(7-8)11-9(5-12)3-2-4-10(11)13/h2-4,6-7H,5H2,1H3. The fourth-order valence-electron chi connectivity index (χ4n) is 1.46. The molecule has 1 aromatic carbocycles. The first-order chi connectivity index (χ1) is 7.22. The van der Waals surface area contributed by atoms with Gasteiger partial charge in [0.15, 0.2) is 0 Å². The van der Waals surface area contributed by atoms with E-state index in [1.165, 1.54) is 0 Å². The van der Waals surface area contributed by atoms with Crippen molar-refractivity contribution in [3.05, 3.63) is 46.7 Å². The van der Waals surface area contributed by atoms with Crippen LogP contribution in [0.5, 0.6) is 0 Å². The maximum Gasteiger partial charge on any atom is 0.0875 e. The lowest BCUT2D eigenvalue weighted by atomic mass is 10.2. The zero-order valence-electron chi connectivity index (χ0n) is 8.24. The summed E-state index contributed by atoms with van der Waals surface area (Å²) in [6, 6.07) is 5.68. The van der Waals surface area contributed by atoms with Crippen molar-refractivity contribution in [2.75, 3.05) is 0 Å². The highest BCUT2D eigenvalue weighted by atomic mass is 35.5. The van der Waals surface area contributed by atoms with Gasteiger partial charge in [-0.1, -0.05) is 23.7 Å². The predicted octanol–water partition coefficient (Wildman–Crippen LogP) is 3.57. The molecule has 0 aliphatic carbocycles. The lowest BCUT2D eigenvalue weighted by molar-refractivity contribution is 0.871. The molecule has 0 bridgehead atoms. The van der Waals surface area contributed by atoms with Gasteiger partial charge in [0.25, 0.3) is 0 Å². The number of hydrogen-bond acceptors (Lipinski definition) is 1. The summed E-state index contributed by atoms with van der Waals surface area (Å²) in [5, 5.41) is 4.89. The van der Waals surface area contributed by atoms with Crippen LogP contribution in [0.4, 0.5) is 0 Å². The number of para-hydroxylation sites is 1. The van der Waals surface area contributed by atoms with Gasteiger partial charge in [-0.3, -0.25) is 0 Å². The molecule has 0 fully saturated rings. The molecule has 1 aromatic heterocycles. The third-order valence-corrected chi connectivity index (χ3v) is 2.75. The summed E-state index contributed by atoms with van der Waals surface area (Å²) >= 11 is 12.0. The molecule has 0 atom stereocenters. The van der Waals surface area contributed by atoms with Crippen LogP contribution in [-0.4, -0.2) is 9.78 Å². The van der Waals surface area contributed by atoms with Crippen molar-refractivity contribution in [1.82, 2.24) is 9.78 Å². The summed E-state index contributed by atoms with van der Waals surface area (Å²) in [5.41, 5.74) is 2.94. The number of aryl methyl sites for hydroxylation is 1. The van der Waals surface area contributed by atoms with Gasteiger partial charge in [-0.05, 0) is 24.1 Å². The number of halogens is 2. The van der Waals surface area contributed by atoms with E-state index in [4.69, 9.17) is 23.2 Å². The van der Waals surface area contributed by atoms with Crippen LogP contribution in [0.25, 0.3) is 5.69 Å². The van der Waals surface area contributed by atoms with Crippen LogP contribution in [0.2, 0.25) is 5.02 Å². The second-order valence-corrected chi connectivity index (χ2v) is 4.02. The van der Waals surface area contributed by atoms with E-state index in [0.717, 1.165) is 16.8 Å². The van der Waals surface area contributed by atoms with Crippen LogP contribution < -0.4 is 0 Å². The van der Waals surface area contributed by atoms with Crippen molar-refractivity contribution in [1.29, 1.82) is 0 Å². The van der Waals surface area contributed by atoms with Gasteiger partial charge in [-0.25, -0.2) is 4.68 Å². The van der Waals surface area contributed by atoms with Gasteiger partial charge in [0.1, 0.15) is 0 Å². The van der Waals surface area contributed by atoms with E-state index in [1.54, 1.807) is 10.9 Å². The number of aromatic nitrogens is 2. The molecule has 0 N–H and O–H groups in total. The topological polar surface area (TPSA) is 17.8 Å². The summed E-state index contributed by atoms with van der Waals surface area (Å²) in [4.78, 5) is 0. The molecule has 2 aromatic rings. The second kappa shape index (κ2) is 4.25. The molecule has 0 radical (unpaired) electrons. The maximum atomic E-state index is 6.13. The van der Waals surface area contributed by atoms with Crippen LogP contribution in [0.1, 0.15) is 11.1 Å². The van der Waals surface area contributed by atoms with Crippen LogP contribution in [0.3, 0.4) is 0 Å². The zero-order valence-corrected chi connectivity index (χ0v) is 9.76. The number of benzene rings is 1. The summed E-state index contributed by atoms with van der Waals surface area (Å²) in [5.74, 6) is 0.425. The predicted molar refractivity (Wildman–Crippen MR) is 62.9 cm³/mol. The SMILES string of the molecule is Cc1cnn(-c2c(Cl)cccc2CCl)c1. The Morgan fingerprint density at radius 1 is 1.40 bits per heavy atom. The largest absolute Gasteiger partial charge is 0.239 e. The Bertz CT molecular complexity index is 477. The summed E-state index contributed by atoms with van der Waals surface area (Å²) in [7, 11) is 0. The Balaban J connectivity index is 2.60. The molecule has 4 heteroatoms. The second-order valence-electron chi connectivity index (χ2n) is 3.34. The minimum Gasteiger partial charge on any atom is -0.239 e. The lowest BCUT2D eigenvalue weighted by Crippen LogP contribution is -1.99. The van der Waals surface area contributed by atoms with E-state index in [2.05, 4.69) is 5.10 Å². The van der Waals surface area contributed by atoms with Crippen molar-refractivity contribution < 1.29 is 0 Å². The maximum absolute atomic E-state index is 6.13. The molecule has 0 unspecified atom stereocenters. The molecule has 78 valence electrons. The van der Waals surface area contributed by atoms with E-state index < -0.39 is 0 Å². The summed E-state index contributed by atoms with van der Waals surface area (Å²) in [6.45, 7) is 1.99. The molecular weight excluding hydrogens is 231 g/mol. The molecule has 1 heterocycles. The van der Waals surface area contributed by atoms with E-state index in [9.17, 15) is 0 Å². The number of nitrogens with zero attached hydrogens (tertiary/aromatic N) is 2. The van der Waals surface area contributed by atoms with Crippen molar-refractivity contribution in [2.45, 2.75) is 12.8 Å². The third kappa shape index (κ3) is 2.01. The first kappa shape index (κ1) is 10.5. The molecule has 15 heavy (non-hydrogen) atoms. The Labute approximate surface area is 98.4 Å². The fraction of sp³-hybridized carbons (Fsp3) is 0.182. The van der Waals surface area contributed by atoms with Crippen molar-refractivity contribution in [2.24, 2.45) is 0 Å². The lowest BCUT2D eigenvalue weighted by Gasteiger charge is -2.08. The normalized spacial score (nSPS) is 10.6. The molecule has 0 aliphatic rings. The zero-order chi connectivity index (χ0) is 10.8. The molecule has 0 amide bonds. The first-order valence-corrected chi connectivity index (χ1v) is 5.48. The number of hydrogen-bond donors (Lipinski definition) is 0. The Hall–Kier alpha value is -0.990. The van der Waals surface area contributed by atoms with Crippen LogP contribution in [0, 0.1) is 6.92 Å². The molecule has 0 spiro atoms. The molecule has 0 saturated carbocycles. The minimum absolute atomic E-state index is 0.425. The van der Waals surface area contributed by atoms with Crippen LogP contribution >= 0.6 is 23.2 Å². The third-order valence-electron chi connectivity index (χ3n) is 2.16. The van der Waals surface area contributed by atoms with Crippen molar-refractivity contribution in [3.63, 3.8) is 0 Å². The van der Waals surface area contributed by atoms with E-state index in [0.29, 0.717) is 10.9 Å². The highest BCUT2D eigenvalue weighted by Gasteiger charge is 2.08. The van der Waals surface area contributed by atoms with Crippen molar-refractivity contribution >= 4 is 23.2 Å². The highest BCUT2D eigenvalue weighted by Crippen LogP contribution is 2.25. The van der Waals surface area contributed by atoms with Gasteiger partial charge in [0.05, 0.1) is 16.9 Å². The summed E-state index contributed by atoms with van der Waals surface area (Å²) in [6.07, 6.45) is 3.72. The van der Waals surface area contributed by atoms with E-state index >= 15 is 0 Å². The smallest absolute Gasteiger partial charge is 0.0875 e. The van der Waals surface area contributed by atoms with Gasteiger partial charge in [0, 0.05) is 12.1 Å². The van der Waals surface area contributed by atoms with Gasteiger partial charge < -0.3 is 0 Å². The molecule has 0 aliphatic heterocycles. The van der Waals surface area contributed by atoms with Gasteiger partial charge in [-0.2, -0.15) is 5.10 Å². The Kier molecular flexibility index (Phi) is 2.98. The quantitative estimate of drug-likeness (QED) is 0.735. The molecule has 2 rings (SSSR count). The average molecular weight is 241 g/mol. The highest BCUT2D eigenvalue weighted by molar-refractivity contribution is 6.32. The Morgan fingerprint density at radius 3 is 2.80 bits per heavy atom. The minimum atomic E-state index is 0.425. The number of rotatable bonds is 2.